The highest BCUT2D eigenvalue weighted by atomic mass is 16.4. The van der Waals surface area contributed by atoms with Crippen LogP contribution in [0.3, 0.4) is 0 Å². The summed E-state index contributed by atoms with van der Waals surface area (Å²) in [4.78, 5) is 11.4. The smallest absolute Gasteiger partial charge is 0.0479 e. The molecule has 0 aliphatic heterocycles. The SMILES string of the molecule is CC1(C)[C@H](/C=C\c2ccccc2)CC[C@@]1(C)C(=O)[O-]. The Hall–Kier alpha value is -1.57. The summed E-state index contributed by atoms with van der Waals surface area (Å²) < 4.78 is 0. The van der Waals surface area contributed by atoms with Crippen LogP contribution in [-0.4, -0.2) is 5.97 Å². The molecular formula is C17H21O2-. The first-order valence-electron chi connectivity index (χ1n) is 6.82. The molecule has 2 rings (SSSR count). The summed E-state index contributed by atoms with van der Waals surface area (Å²) in [5, 5.41) is 11.4. The van der Waals surface area contributed by atoms with Gasteiger partial charge in [-0.15, -0.1) is 0 Å². The van der Waals surface area contributed by atoms with Crippen LogP contribution in [-0.2, 0) is 4.79 Å². The number of carbonyl (C=O) groups excluding carboxylic acids is 1. The summed E-state index contributed by atoms with van der Waals surface area (Å²) in [6.45, 7) is 5.89. The van der Waals surface area contributed by atoms with Gasteiger partial charge in [0.2, 0.25) is 0 Å². The van der Waals surface area contributed by atoms with Gasteiger partial charge >= 0.3 is 0 Å². The lowest BCUT2D eigenvalue weighted by atomic mass is 9.65. The Labute approximate surface area is 115 Å². The number of aliphatic carboxylic acids is 1. The highest BCUT2D eigenvalue weighted by Crippen LogP contribution is 2.56. The van der Waals surface area contributed by atoms with Crippen molar-refractivity contribution in [3.8, 4) is 0 Å². The van der Waals surface area contributed by atoms with E-state index in [0.717, 1.165) is 12.0 Å². The van der Waals surface area contributed by atoms with Crippen LogP contribution in [0.2, 0.25) is 0 Å². The van der Waals surface area contributed by atoms with Gasteiger partial charge in [-0.25, -0.2) is 0 Å². The number of rotatable bonds is 3. The van der Waals surface area contributed by atoms with Crippen molar-refractivity contribution in [3.05, 3.63) is 42.0 Å². The lowest BCUT2D eigenvalue weighted by Gasteiger charge is -2.41. The van der Waals surface area contributed by atoms with Crippen molar-refractivity contribution in [2.24, 2.45) is 16.7 Å². The summed E-state index contributed by atoms with van der Waals surface area (Å²) in [6, 6.07) is 10.1. The van der Waals surface area contributed by atoms with E-state index in [1.54, 1.807) is 0 Å². The largest absolute Gasteiger partial charge is 0.550 e. The predicted molar refractivity (Wildman–Crippen MR) is 75.1 cm³/mol. The van der Waals surface area contributed by atoms with E-state index >= 15 is 0 Å². The van der Waals surface area contributed by atoms with E-state index in [9.17, 15) is 9.90 Å². The van der Waals surface area contributed by atoms with Crippen molar-refractivity contribution in [1.29, 1.82) is 0 Å². The summed E-state index contributed by atoms with van der Waals surface area (Å²) in [5.74, 6) is -0.649. The quantitative estimate of drug-likeness (QED) is 0.835. The molecule has 2 heteroatoms. The van der Waals surface area contributed by atoms with Crippen LogP contribution in [0, 0.1) is 16.7 Å². The van der Waals surface area contributed by atoms with Gasteiger partial charge in [0.25, 0.3) is 0 Å². The second-order valence-electron chi connectivity index (χ2n) is 6.26. The summed E-state index contributed by atoms with van der Waals surface area (Å²) in [5.41, 5.74) is 0.135. The van der Waals surface area contributed by atoms with Gasteiger partial charge in [-0.1, -0.05) is 63.3 Å². The summed E-state index contributed by atoms with van der Waals surface area (Å²) in [6.07, 6.45) is 5.84. The van der Waals surface area contributed by atoms with Crippen molar-refractivity contribution in [2.45, 2.75) is 33.6 Å². The first-order chi connectivity index (χ1) is 8.88. The average molecular weight is 257 g/mol. The third-order valence-electron chi connectivity index (χ3n) is 5.08. The van der Waals surface area contributed by atoms with Crippen LogP contribution in [0.25, 0.3) is 6.08 Å². The Morgan fingerprint density at radius 1 is 1.26 bits per heavy atom. The molecule has 0 spiro atoms. The second-order valence-corrected chi connectivity index (χ2v) is 6.26. The molecule has 1 aromatic carbocycles. The van der Waals surface area contributed by atoms with E-state index in [1.165, 1.54) is 0 Å². The molecule has 0 radical (unpaired) electrons. The van der Waals surface area contributed by atoms with E-state index in [1.807, 2.05) is 39.0 Å². The highest BCUT2D eigenvalue weighted by molar-refractivity contribution is 5.74. The number of allylic oxidation sites excluding steroid dienone is 1. The highest BCUT2D eigenvalue weighted by Gasteiger charge is 2.51. The zero-order valence-electron chi connectivity index (χ0n) is 11.8. The fourth-order valence-corrected chi connectivity index (χ4v) is 3.03. The van der Waals surface area contributed by atoms with E-state index in [4.69, 9.17) is 0 Å². The van der Waals surface area contributed by atoms with Gasteiger partial charge in [-0.05, 0) is 29.7 Å². The van der Waals surface area contributed by atoms with E-state index in [2.05, 4.69) is 24.3 Å². The van der Waals surface area contributed by atoms with Crippen molar-refractivity contribution in [2.75, 3.05) is 0 Å². The van der Waals surface area contributed by atoms with E-state index < -0.39 is 11.4 Å². The molecule has 0 aromatic heterocycles. The maximum absolute atomic E-state index is 11.4. The van der Waals surface area contributed by atoms with Gasteiger partial charge in [0.1, 0.15) is 0 Å². The van der Waals surface area contributed by atoms with Gasteiger partial charge in [0, 0.05) is 11.4 Å². The van der Waals surface area contributed by atoms with Crippen LogP contribution in [0.4, 0.5) is 0 Å². The molecule has 0 heterocycles. The molecule has 2 atom stereocenters. The molecule has 0 unspecified atom stereocenters. The first-order valence-corrected chi connectivity index (χ1v) is 6.82. The Bertz CT molecular complexity index is 487. The van der Waals surface area contributed by atoms with Crippen molar-refractivity contribution >= 4 is 12.0 Å². The lowest BCUT2D eigenvalue weighted by molar-refractivity contribution is -0.323. The van der Waals surface area contributed by atoms with Crippen LogP contribution in [0.1, 0.15) is 39.2 Å². The van der Waals surface area contributed by atoms with Crippen molar-refractivity contribution < 1.29 is 9.90 Å². The third-order valence-corrected chi connectivity index (χ3v) is 5.08. The number of benzene rings is 1. The van der Waals surface area contributed by atoms with Gasteiger partial charge < -0.3 is 9.90 Å². The third kappa shape index (κ3) is 2.32. The van der Waals surface area contributed by atoms with E-state index in [0.29, 0.717) is 6.42 Å². The fraction of sp³-hybridized carbons (Fsp3) is 0.471. The van der Waals surface area contributed by atoms with Crippen LogP contribution < -0.4 is 5.11 Å². The fourth-order valence-electron chi connectivity index (χ4n) is 3.03. The van der Waals surface area contributed by atoms with Gasteiger partial charge in [0.05, 0.1) is 0 Å². The van der Waals surface area contributed by atoms with Crippen LogP contribution in [0.5, 0.6) is 0 Å². The second kappa shape index (κ2) is 4.84. The number of hydrogen-bond donors (Lipinski definition) is 0. The Morgan fingerprint density at radius 2 is 1.89 bits per heavy atom. The zero-order chi connectivity index (χ0) is 14.1. The predicted octanol–water partition coefficient (Wildman–Crippen LogP) is 2.89. The normalized spacial score (nSPS) is 29.7. The maximum Gasteiger partial charge on any atom is 0.0479 e. The van der Waals surface area contributed by atoms with Crippen molar-refractivity contribution in [3.63, 3.8) is 0 Å². The molecule has 0 amide bonds. The topological polar surface area (TPSA) is 40.1 Å². The molecule has 1 fully saturated rings. The average Bonchev–Trinajstić information content (AvgIpc) is 2.61. The Balaban J connectivity index is 2.20. The molecule has 0 bridgehead atoms. The molecule has 102 valence electrons. The summed E-state index contributed by atoms with van der Waals surface area (Å²) >= 11 is 0. The molecule has 0 N–H and O–H groups in total. The molecule has 1 saturated carbocycles. The van der Waals surface area contributed by atoms with E-state index in [-0.39, 0.29) is 11.3 Å². The van der Waals surface area contributed by atoms with Gasteiger partial charge in [0.15, 0.2) is 0 Å². The minimum atomic E-state index is -0.923. The molecule has 0 saturated heterocycles. The Morgan fingerprint density at radius 3 is 2.42 bits per heavy atom. The van der Waals surface area contributed by atoms with Crippen LogP contribution >= 0.6 is 0 Å². The molecule has 1 aliphatic carbocycles. The zero-order valence-corrected chi connectivity index (χ0v) is 11.8. The minimum absolute atomic E-state index is 0.274. The molecule has 1 aromatic rings. The minimum Gasteiger partial charge on any atom is -0.550 e. The molecule has 1 aliphatic rings. The maximum atomic E-state index is 11.4. The molecule has 2 nitrogen and oxygen atoms in total. The lowest BCUT2D eigenvalue weighted by Crippen LogP contribution is -2.47. The van der Waals surface area contributed by atoms with Gasteiger partial charge in [-0.2, -0.15) is 0 Å². The number of carbonyl (C=O) groups is 1. The Kier molecular flexibility index (Phi) is 3.53. The number of carboxylic acid groups (broad SMARTS) is 1. The number of hydrogen-bond acceptors (Lipinski definition) is 2. The first kappa shape index (κ1) is 13.9. The monoisotopic (exact) mass is 257 g/mol. The van der Waals surface area contributed by atoms with Crippen molar-refractivity contribution in [1.82, 2.24) is 0 Å². The molecule has 19 heavy (non-hydrogen) atoms. The van der Waals surface area contributed by atoms with Gasteiger partial charge in [-0.3, -0.25) is 0 Å². The molecular weight excluding hydrogens is 236 g/mol. The van der Waals surface area contributed by atoms with Crippen LogP contribution in [0.15, 0.2) is 36.4 Å². The number of carboxylic acids is 1. The summed E-state index contributed by atoms with van der Waals surface area (Å²) in [7, 11) is 0. The standard InChI is InChI=1S/C17H22O2/c1-16(2)14(11-12-17(16,3)15(18)19)10-9-13-7-5-4-6-8-13/h4-10,14H,11-12H2,1-3H3,(H,18,19)/p-1/b10-9-/t14-,17+/m1/s1.